The molecular weight excluding hydrogens is 278 g/mol. The third kappa shape index (κ3) is 3.14. The van der Waals surface area contributed by atoms with Crippen LogP contribution >= 0.6 is 0 Å². The van der Waals surface area contributed by atoms with Crippen LogP contribution in [0.25, 0.3) is 11.0 Å². The minimum atomic E-state index is 0.162. The van der Waals surface area contributed by atoms with Gasteiger partial charge < -0.3 is 15.0 Å². The number of aromatic amines is 1. The largest absolute Gasteiger partial charge is 0.396 e. The maximum absolute atomic E-state index is 12.3. The molecule has 22 heavy (non-hydrogen) atoms. The third-order valence-electron chi connectivity index (χ3n) is 4.47. The van der Waals surface area contributed by atoms with Crippen molar-refractivity contribution in [3.63, 3.8) is 0 Å². The quantitative estimate of drug-likeness (QED) is 0.908. The number of aromatic nitrogens is 2. The number of aliphatic hydroxyl groups excluding tert-OH is 1. The summed E-state index contributed by atoms with van der Waals surface area (Å²) in [5.41, 5.74) is 3.16. The van der Waals surface area contributed by atoms with E-state index < -0.39 is 0 Å². The van der Waals surface area contributed by atoms with Gasteiger partial charge in [-0.1, -0.05) is 12.1 Å². The Morgan fingerprint density at radius 2 is 2.36 bits per heavy atom. The lowest BCUT2D eigenvalue weighted by atomic mass is 9.99. The molecule has 1 saturated heterocycles. The summed E-state index contributed by atoms with van der Waals surface area (Å²) in [7, 11) is 0. The van der Waals surface area contributed by atoms with Gasteiger partial charge in [0, 0.05) is 32.5 Å². The predicted molar refractivity (Wildman–Crippen MR) is 85.5 cm³/mol. The van der Waals surface area contributed by atoms with Gasteiger partial charge in [-0.05, 0) is 37.3 Å². The second-order valence-electron chi connectivity index (χ2n) is 6.19. The lowest BCUT2D eigenvalue weighted by molar-refractivity contribution is -0.133. The van der Waals surface area contributed by atoms with Crippen LogP contribution in [0.5, 0.6) is 0 Å². The number of para-hydroxylation sites is 1. The van der Waals surface area contributed by atoms with E-state index in [4.69, 9.17) is 0 Å². The molecule has 1 atom stereocenters. The molecule has 1 aromatic heterocycles. The zero-order chi connectivity index (χ0) is 15.5. The minimum Gasteiger partial charge on any atom is -0.396 e. The molecule has 1 aromatic carbocycles. The van der Waals surface area contributed by atoms with Crippen LogP contribution in [-0.4, -0.2) is 45.6 Å². The zero-order valence-electron chi connectivity index (χ0n) is 13.0. The van der Waals surface area contributed by atoms with Gasteiger partial charge in [-0.3, -0.25) is 4.79 Å². The molecule has 0 saturated carbocycles. The number of amides is 1. The summed E-state index contributed by atoms with van der Waals surface area (Å²) in [4.78, 5) is 22.1. The molecule has 3 rings (SSSR count). The van der Waals surface area contributed by atoms with Gasteiger partial charge in [0.15, 0.2) is 0 Å². The van der Waals surface area contributed by atoms with E-state index >= 15 is 0 Å². The number of hydrogen-bond donors (Lipinski definition) is 2. The highest BCUT2D eigenvalue weighted by Crippen LogP contribution is 2.18. The van der Waals surface area contributed by atoms with Crippen LogP contribution in [0.2, 0.25) is 0 Å². The molecule has 0 bridgehead atoms. The number of rotatable bonds is 4. The van der Waals surface area contributed by atoms with E-state index in [0.29, 0.717) is 19.4 Å². The molecule has 0 spiro atoms. The molecule has 5 nitrogen and oxygen atoms in total. The SMILES string of the molecule is Cc1cccc2[nH]c(CCC(=O)N3CCCC(CO)C3)nc12. The Morgan fingerprint density at radius 1 is 1.50 bits per heavy atom. The lowest BCUT2D eigenvalue weighted by Gasteiger charge is -2.31. The van der Waals surface area contributed by atoms with E-state index in [0.717, 1.165) is 41.8 Å². The van der Waals surface area contributed by atoms with Gasteiger partial charge in [0.2, 0.25) is 5.91 Å². The fraction of sp³-hybridized carbons (Fsp3) is 0.529. The number of H-pyrrole nitrogens is 1. The number of nitrogens with zero attached hydrogens (tertiary/aromatic N) is 2. The van der Waals surface area contributed by atoms with E-state index in [2.05, 4.69) is 9.97 Å². The van der Waals surface area contributed by atoms with E-state index in [1.807, 2.05) is 30.0 Å². The second kappa shape index (κ2) is 6.48. The summed E-state index contributed by atoms with van der Waals surface area (Å²) in [5, 5.41) is 9.25. The predicted octanol–water partition coefficient (Wildman–Crippen LogP) is 2.03. The maximum atomic E-state index is 12.3. The molecule has 118 valence electrons. The number of imidazole rings is 1. The molecule has 1 aliphatic heterocycles. The normalized spacial score (nSPS) is 18.8. The molecular formula is C17H23N3O2. The minimum absolute atomic E-state index is 0.162. The average molecular weight is 301 g/mol. The van der Waals surface area contributed by atoms with E-state index in [-0.39, 0.29) is 18.4 Å². The molecule has 2 heterocycles. The lowest BCUT2D eigenvalue weighted by Crippen LogP contribution is -2.41. The van der Waals surface area contributed by atoms with Gasteiger partial charge in [-0.2, -0.15) is 0 Å². The van der Waals surface area contributed by atoms with Crippen LogP contribution in [0.3, 0.4) is 0 Å². The van der Waals surface area contributed by atoms with Crippen molar-refractivity contribution in [1.82, 2.24) is 14.9 Å². The standard InChI is InChI=1S/C17H23N3O2/c1-12-4-2-6-14-17(12)19-15(18-14)7-8-16(22)20-9-3-5-13(10-20)11-21/h2,4,6,13,21H,3,5,7-11H2,1H3,(H,18,19). The second-order valence-corrected chi connectivity index (χ2v) is 6.19. The van der Waals surface area contributed by atoms with Crippen molar-refractivity contribution < 1.29 is 9.90 Å². The fourth-order valence-corrected chi connectivity index (χ4v) is 3.17. The van der Waals surface area contributed by atoms with Crippen molar-refractivity contribution in [2.45, 2.75) is 32.6 Å². The van der Waals surface area contributed by atoms with Gasteiger partial charge >= 0.3 is 0 Å². The number of piperidine rings is 1. The first-order valence-electron chi connectivity index (χ1n) is 8.00. The van der Waals surface area contributed by atoms with Crippen molar-refractivity contribution in [2.75, 3.05) is 19.7 Å². The van der Waals surface area contributed by atoms with Crippen molar-refractivity contribution >= 4 is 16.9 Å². The highest BCUT2D eigenvalue weighted by Gasteiger charge is 2.23. The summed E-state index contributed by atoms with van der Waals surface area (Å²) in [6.45, 7) is 3.72. The number of nitrogens with one attached hydrogen (secondary N) is 1. The number of aliphatic hydroxyl groups is 1. The van der Waals surface area contributed by atoms with Gasteiger partial charge in [0.25, 0.3) is 0 Å². The van der Waals surface area contributed by atoms with Crippen LogP contribution < -0.4 is 0 Å². The number of carbonyl (C=O) groups excluding carboxylic acids is 1. The third-order valence-corrected chi connectivity index (χ3v) is 4.47. The summed E-state index contributed by atoms with van der Waals surface area (Å²) in [6, 6.07) is 6.06. The number of hydrogen-bond acceptors (Lipinski definition) is 3. The monoisotopic (exact) mass is 301 g/mol. The van der Waals surface area contributed by atoms with Crippen LogP contribution in [-0.2, 0) is 11.2 Å². The van der Waals surface area contributed by atoms with E-state index in [1.165, 1.54) is 0 Å². The molecule has 0 radical (unpaired) electrons. The zero-order valence-corrected chi connectivity index (χ0v) is 13.0. The molecule has 0 aliphatic carbocycles. The number of fused-ring (bicyclic) bond motifs is 1. The molecule has 1 aliphatic rings. The smallest absolute Gasteiger partial charge is 0.223 e. The van der Waals surface area contributed by atoms with Crippen molar-refractivity contribution in [3.05, 3.63) is 29.6 Å². The van der Waals surface area contributed by atoms with Crippen LogP contribution in [0.15, 0.2) is 18.2 Å². The number of aryl methyl sites for hydroxylation is 2. The summed E-state index contributed by atoms with van der Waals surface area (Å²) in [6.07, 6.45) is 3.11. The van der Waals surface area contributed by atoms with Crippen LogP contribution in [0.4, 0.5) is 0 Å². The Morgan fingerprint density at radius 3 is 3.14 bits per heavy atom. The van der Waals surface area contributed by atoms with Crippen molar-refractivity contribution in [2.24, 2.45) is 5.92 Å². The Bertz CT molecular complexity index is 665. The average Bonchev–Trinajstić information content (AvgIpc) is 2.97. The summed E-state index contributed by atoms with van der Waals surface area (Å²) < 4.78 is 0. The molecule has 2 N–H and O–H groups in total. The molecule has 1 fully saturated rings. The Labute approximate surface area is 130 Å². The number of likely N-dealkylation sites (tertiary alicyclic amines) is 1. The molecule has 5 heteroatoms. The van der Waals surface area contributed by atoms with Crippen LogP contribution in [0.1, 0.15) is 30.7 Å². The van der Waals surface area contributed by atoms with Gasteiger partial charge in [0.05, 0.1) is 11.0 Å². The first-order chi connectivity index (χ1) is 10.7. The maximum Gasteiger partial charge on any atom is 0.223 e. The van der Waals surface area contributed by atoms with Gasteiger partial charge in [-0.25, -0.2) is 4.98 Å². The first-order valence-corrected chi connectivity index (χ1v) is 8.00. The van der Waals surface area contributed by atoms with Crippen molar-refractivity contribution in [3.8, 4) is 0 Å². The fourth-order valence-electron chi connectivity index (χ4n) is 3.17. The number of benzene rings is 1. The Balaban J connectivity index is 1.61. The Hall–Kier alpha value is -1.88. The number of carbonyl (C=O) groups is 1. The molecule has 1 amide bonds. The van der Waals surface area contributed by atoms with Crippen LogP contribution in [0, 0.1) is 12.8 Å². The first kappa shape index (κ1) is 15.0. The highest BCUT2D eigenvalue weighted by molar-refractivity contribution is 5.79. The highest BCUT2D eigenvalue weighted by atomic mass is 16.3. The topological polar surface area (TPSA) is 69.2 Å². The Kier molecular flexibility index (Phi) is 4.43. The van der Waals surface area contributed by atoms with Gasteiger partial charge in [0.1, 0.15) is 5.82 Å². The summed E-state index contributed by atoms with van der Waals surface area (Å²) in [5.74, 6) is 1.27. The van der Waals surface area contributed by atoms with Gasteiger partial charge in [-0.15, -0.1) is 0 Å². The molecule has 1 unspecified atom stereocenters. The summed E-state index contributed by atoms with van der Waals surface area (Å²) >= 11 is 0. The molecule has 2 aromatic rings. The van der Waals surface area contributed by atoms with Crippen molar-refractivity contribution in [1.29, 1.82) is 0 Å². The van der Waals surface area contributed by atoms with E-state index in [9.17, 15) is 9.90 Å². The van der Waals surface area contributed by atoms with E-state index in [1.54, 1.807) is 0 Å².